The highest BCUT2D eigenvalue weighted by molar-refractivity contribution is 5.74. The van der Waals surface area contributed by atoms with Crippen LogP contribution in [0.1, 0.15) is 44.7 Å². The molecule has 2 amide bonds. The second kappa shape index (κ2) is 8.40. The van der Waals surface area contributed by atoms with Gasteiger partial charge in [0.1, 0.15) is 0 Å². The Morgan fingerprint density at radius 3 is 2.77 bits per heavy atom. The highest BCUT2D eigenvalue weighted by Gasteiger charge is 2.29. The van der Waals surface area contributed by atoms with Crippen molar-refractivity contribution in [3.8, 4) is 0 Å². The van der Waals surface area contributed by atoms with Gasteiger partial charge in [-0.2, -0.15) is 0 Å². The van der Waals surface area contributed by atoms with Gasteiger partial charge in [-0.3, -0.25) is 4.90 Å². The van der Waals surface area contributed by atoms with Gasteiger partial charge in [-0.05, 0) is 35.8 Å². The predicted octanol–water partition coefficient (Wildman–Crippen LogP) is 2.94. The first-order chi connectivity index (χ1) is 12.4. The number of rotatable bonds is 5. The molecule has 144 valence electrons. The van der Waals surface area contributed by atoms with Crippen LogP contribution in [0.4, 0.5) is 4.79 Å². The van der Waals surface area contributed by atoms with E-state index in [0.29, 0.717) is 6.54 Å². The third kappa shape index (κ3) is 5.21. The van der Waals surface area contributed by atoms with Crippen LogP contribution < -0.4 is 10.6 Å². The van der Waals surface area contributed by atoms with Crippen molar-refractivity contribution >= 4 is 6.03 Å². The molecule has 2 aliphatic rings. The summed E-state index contributed by atoms with van der Waals surface area (Å²) < 4.78 is 5.58. The summed E-state index contributed by atoms with van der Waals surface area (Å²) in [4.78, 5) is 14.9. The van der Waals surface area contributed by atoms with Crippen molar-refractivity contribution in [2.24, 2.45) is 5.41 Å². The molecule has 1 aromatic rings. The lowest BCUT2D eigenvalue weighted by molar-refractivity contribution is 0.110. The number of fused-ring (bicyclic) bond motifs is 1. The average Bonchev–Trinajstić information content (AvgIpc) is 3.12. The van der Waals surface area contributed by atoms with E-state index in [1.165, 1.54) is 11.1 Å². The number of ether oxygens (including phenoxy) is 1. The molecule has 2 heterocycles. The summed E-state index contributed by atoms with van der Waals surface area (Å²) in [6, 6.07) is 8.68. The number of carbonyl (C=O) groups is 1. The number of hydrogen-bond donors (Lipinski definition) is 2. The van der Waals surface area contributed by atoms with Crippen LogP contribution in [0.25, 0.3) is 0 Å². The van der Waals surface area contributed by atoms with Crippen LogP contribution >= 0.6 is 0 Å². The van der Waals surface area contributed by atoms with Crippen molar-refractivity contribution in [3.05, 3.63) is 35.4 Å². The van der Waals surface area contributed by atoms with E-state index in [1.54, 1.807) is 0 Å². The Balaban J connectivity index is 1.54. The summed E-state index contributed by atoms with van der Waals surface area (Å²) in [5.74, 6) is 0. The lowest BCUT2D eigenvalue weighted by Crippen LogP contribution is -2.54. The van der Waals surface area contributed by atoms with E-state index < -0.39 is 0 Å². The van der Waals surface area contributed by atoms with Crippen molar-refractivity contribution in [1.82, 2.24) is 15.5 Å². The molecule has 0 radical (unpaired) electrons. The molecular formula is C21H33N3O2. The second-order valence-corrected chi connectivity index (χ2v) is 8.66. The van der Waals surface area contributed by atoms with Crippen LogP contribution in [-0.4, -0.2) is 49.3 Å². The van der Waals surface area contributed by atoms with Crippen molar-refractivity contribution in [3.63, 3.8) is 0 Å². The third-order valence-corrected chi connectivity index (χ3v) is 5.52. The SMILES string of the molecule is CC(C)(C)C(CN1CCc2ccccc2C1)NC(=O)NCC1CCCO1. The summed E-state index contributed by atoms with van der Waals surface area (Å²) in [7, 11) is 0. The number of amides is 2. The van der Waals surface area contributed by atoms with E-state index in [9.17, 15) is 4.79 Å². The maximum absolute atomic E-state index is 12.4. The molecule has 0 aliphatic carbocycles. The third-order valence-electron chi connectivity index (χ3n) is 5.52. The zero-order valence-electron chi connectivity index (χ0n) is 16.4. The van der Waals surface area contributed by atoms with Crippen LogP contribution in [0.15, 0.2) is 24.3 Å². The molecule has 1 saturated heterocycles. The molecule has 0 saturated carbocycles. The van der Waals surface area contributed by atoms with Crippen LogP contribution in [0, 0.1) is 5.41 Å². The van der Waals surface area contributed by atoms with Gasteiger partial charge < -0.3 is 15.4 Å². The smallest absolute Gasteiger partial charge is 0.315 e. The van der Waals surface area contributed by atoms with Gasteiger partial charge in [0.25, 0.3) is 0 Å². The quantitative estimate of drug-likeness (QED) is 0.850. The molecule has 1 fully saturated rings. The highest BCUT2D eigenvalue weighted by atomic mass is 16.5. The summed E-state index contributed by atoms with van der Waals surface area (Å²) in [5, 5.41) is 6.19. The van der Waals surface area contributed by atoms with E-state index >= 15 is 0 Å². The lowest BCUT2D eigenvalue weighted by atomic mass is 9.86. The number of hydrogen-bond acceptors (Lipinski definition) is 3. The first kappa shape index (κ1) is 19.2. The fraction of sp³-hybridized carbons (Fsp3) is 0.667. The van der Waals surface area contributed by atoms with Gasteiger partial charge in [0.15, 0.2) is 0 Å². The maximum atomic E-state index is 12.4. The molecule has 5 heteroatoms. The van der Waals surface area contributed by atoms with Gasteiger partial charge in [-0.1, -0.05) is 45.0 Å². The van der Waals surface area contributed by atoms with Crippen LogP contribution in [0.3, 0.4) is 0 Å². The van der Waals surface area contributed by atoms with Crippen LogP contribution in [0.2, 0.25) is 0 Å². The normalized spacial score (nSPS) is 21.9. The largest absolute Gasteiger partial charge is 0.376 e. The number of nitrogens with zero attached hydrogens (tertiary/aromatic N) is 1. The van der Waals surface area contributed by atoms with Gasteiger partial charge >= 0.3 is 6.03 Å². The van der Waals surface area contributed by atoms with Crippen molar-refractivity contribution in [1.29, 1.82) is 0 Å². The van der Waals surface area contributed by atoms with E-state index in [1.807, 2.05) is 0 Å². The zero-order valence-corrected chi connectivity index (χ0v) is 16.4. The fourth-order valence-corrected chi connectivity index (χ4v) is 3.73. The van der Waals surface area contributed by atoms with Crippen LogP contribution in [0.5, 0.6) is 0 Å². The Morgan fingerprint density at radius 2 is 2.08 bits per heavy atom. The van der Waals surface area contributed by atoms with Gasteiger partial charge in [-0.25, -0.2) is 4.79 Å². The molecule has 2 atom stereocenters. The molecule has 2 unspecified atom stereocenters. The number of nitrogens with one attached hydrogen (secondary N) is 2. The molecule has 2 aliphatic heterocycles. The number of benzene rings is 1. The lowest BCUT2D eigenvalue weighted by Gasteiger charge is -2.38. The second-order valence-electron chi connectivity index (χ2n) is 8.66. The van der Waals surface area contributed by atoms with Crippen LogP contribution in [-0.2, 0) is 17.7 Å². The minimum Gasteiger partial charge on any atom is -0.376 e. The molecule has 2 N–H and O–H groups in total. The summed E-state index contributed by atoms with van der Waals surface area (Å²) in [6.07, 6.45) is 3.39. The monoisotopic (exact) mass is 359 g/mol. The Morgan fingerprint density at radius 1 is 1.31 bits per heavy atom. The van der Waals surface area contributed by atoms with Gasteiger partial charge in [0, 0.05) is 38.8 Å². The van der Waals surface area contributed by atoms with Crippen molar-refractivity contribution in [2.45, 2.75) is 58.7 Å². The van der Waals surface area contributed by atoms with Gasteiger partial charge in [0.2, 0.25) is 0 Å². The molecule has 26 heavy (non-hydrogen) atoms. The minimum atomic E-state index is -0.0853. The Labute approximate surface area is 157 Å². The minimum absolute atomic E-state index is 0.00182. The van der Waals surface area contributed by atoms with E-state index in [4.69, 9.17) is 4.74 Å². The molecule has 0 spiro atoms. The van der Waals surface area contributed by atoms with E-state index in [-0.39, 0.29) is 23.6 Å². The number of carbonyl (C=O) groups excluding carboxylic acids is 1. The first-order valence-electron chi connectivity index (χ1n) is 9.87. The molecule has 1 aromatic carbocycles. The van der Waals surface area contributed by atoms with Gasteiger partial charge in [-0.15, -0.1) is 0 Å². The van der Waals surface area contributed by atoms with Crippen molar-refractivity contribution in [2.75, 3.05) is 26.2 Å². The molecule has 0 bridgehead atoms. The topological polar surface area (TPSA) is 53.6 Å². The maximum Gasteiger partial charge on any atom is 0.315 e. The first-order valence-corrected chi connectivity index (χ1v) is 9.87. The highest BCUT2D eigenvalue weighted by Crippen LogP contribution is 2.24. The average molecular weight is 360 g/mol. The number of urea groups is 1. The van der Waals surface area contributed by atoms with E-state index in [0.717, 1.165) is 45.5 Å². The molecule has 0 aromatic heterocycles. The standard InChI is InChI=1S/C21H33N3O2/c1-21(2,3)19(23-20(25)22-13-18-9-6-12-26-18)15-24-11-10-16-7-4-5-8-17(16)14-24/h4-5,7-8,18-19H,6,9-15H2,1-3H3,(H2,22,23,25). The molecular weight excluding hydrogens is 326 g/mol. The zero-order chi connectivity index (χ0) is 18.6. The summed E-state index contributed by atoms with van der Waals surface area (Å²) >= 11 is 0. The molecule has 3 rings (SSSR count). The summed E-state index contributed by atoms with van der Waals surface area (Å²) in [5.41, 5.74) is 2.87. The Hall–Kier alpha value is -1.59. The van der Waals surface area contributed by atoms with Crippen molar-refractivity contribution < 1.29 is 9.53 Å². The van der Waals surface area contributed by atoms with E-state index in [2.05, 4.69) is 60.6 Å². The molecule has 5 nitrogen and oxygen atoms in total. The predicted molar refractivity (Wildman–Crippen MR) is 104 cm³/mol. The van der Waals surface area contributed by atoms with Gasteiger partial charge in [0.05, 0.1) is 6.10 Å². The Kier molecular flexibility index (Phi) is 6.20. The Bertz CT molecular complexity index is 606. The summed E-state index contributed by atoms with van der Waals surface area (Å²) in [6.45, 7) is 10.9. The fourth-order valence-electron chi connectivity index (χ4n) is 3.73.